The minimum atomic E-state index is 0.410. The predicted molar refractivity (Wildman–Crippen MR) is 71.8 cm³/mol. The second-order valence-corrected chi connectivity index (χ2v) is 5.45. The molecule has 1 unspecified atom stereocenters. The minimum absolute atomic E-state index is 0.410. The maximum absolute atomic E-state index is 4.18. The van der Waals surface area contributed by atoms with Crippen molar-refractivity contribution >= 4 is 0 Å². The van der Waals surface area contributed by atoms with Gasteiger partial charge in [0.2, 0.25) is 0 Å². The molecule has 1 atom stereocenters. The number of pyridine rings is 1. The highest BCUT2D eigenvalue weighted by Gasteiger charge is 2.31. The second kappa shape index (κ2) is 5.63. The second-order valence-electron chi connectivity index (χ2n) is 5.45. The van der Waals surface area contributed by atoms with Crippen LogP contribution in [0.1, 0.15) is 57.6 Å². The van der Waals surface area contributed by atoms with E-state index in [9.17, 15) is 0 Å². The summed E-state index contributed by atoms with van der Waals surface area (Å²) in [6.07, 6.45) is 10.7. The molecule has 1 aromatic heterocycles. The monoisotopic (exact) mass is 232 g/mol. The number of aromatic nitrogens is 1. The van der Waals surface area contributed by atoms with Crippen LogP contribution in [-0.2, 0) is 0 Å². The summed E-state index contributed by atoms with van der Waals surface area (Å²) in [5, 5.41) is 3.69. The van der Waals surface area contributed by atoms with Gasteiger partial charge in [-0.1, -0.05) is 25.8 Å². The molecule has 0 aliphatic heterocycles. The van der Waals surface area contributed by atoms with Crippen molar-refractivity contribution in [2.75, 3.05) is 6.54 Å². The fraction of sp³-hybridized carbons (Fsp3) is 0.667. The van der Waals surface area contributed by atoms with Crippen LogP contribution in [0.5, 0.6) is 0 Å². The van der Waals surface area contributed by atoms with E-state index in [4.69, 9.17) is 0 Å². The Bertz CT molecular complexity index is 328. The van der Waals surface area contributed by atoms with Crippen molar-refractivity contribution in [3.8, 4) is 0 Å². The van der Waals surface area contributed by atoms with E-state index in [1.54, 1.807) is 0 Å². The Labute approximate surface area is 105 Å². The SMILES string of the molecule is CCC1(CNC(C)c2cccnc2)CCCC1. The van der Waals surface area contributed by atoms with E-state index in [1.165, 1.54) is 37.7 Å². The third-order valence-electron chi connectivity index (χ3n) is 4.38. The minimum Gasteiger partial charge on any atom is -0.310 e. The average Bonchev–Trinajstić information content (AvgIpc) is 2.86. The first kappa shape index (κ1) is 12.6. The highest BCUT2D eigenvalue weighted by atomic mass is 14.9. The van der Waals surface area contributed by atoms with Crippen LogP contribution < -0.4 is 5.32 Å². The van der Waals surface area contributed by atoms with Gasteiger partial charge >= 0.3 is 0 Å². The number of rotatable bonds is 5. The number of nitrogens with one attached hydrogen (secondary N) is 1. The van der Waals surface area contributed by atoms with Crippen LogP contribution in [-0.4, -0.2) is 11.5 Å². The van der Waals surface area contributed by atoms with Crippen molar-refractivity contribution in [2.24, 2.45) is 5.41 Å². The van der Waals surface area contributed by atoms with Crippen LogP contribution in [0.4, 0.5) is 0 Å². The van der Waals surface area contributed by atoms with Crippen LogP contribution in [0.2, 0.25) is 0 Å². The predicted octanol–water partition coefficient (Wildman–Crippen LogP) is 3.70. The van der Waals surface area contributed by atoms with Gasteiger partial charge in [-0.05, 0) is 43.2 Å². The van der Waals surface area contributed by atoms with Crippen LogP contribution >= 0.6 is 0 Å². The van der Waals surface area contributed by atoms with E-state index in [-0.39, 0.29) is 0 Å². The topological polar surface area (TPSA) is 24.9 Å². The molecule has 2 heteroatoms. The summed E-state index contributed by atoms with van der Waals surface area (Å²) < 4.78 is 0. The van der Waals surface area contributed by atoms with Crippen LogP contribution in [0.25, 0.3) is 0 Å². The van der Waals surface area contributed by atoms with Crippen LogP contribution in [0.15, 0.2) is 24.5 Å². The number of hydrogen-bond acceptors (Lipinski definition) is 2. The standard InChI is InChI=1S/C15H24N2/c1-3-15(8-4-5-9-15)12-17-13(2)14-7-6-10-16-11-14/h6-7,10-11,13,17H,3-5,8-9,12H2,1-2H3. The van der Waals surface area contributed by atoms with Crippen molar-refractivity contribution in [2.45, 2.75) is 52.0 Å². The molecule has 1 fully saturated rings. The largest absolute Gasteiger partial charge is 0.310 e. The number of nitrogens with zero attached hydrogens (tertiary/aromatic N) is 1. The Hall–Kier alpha value is -0.890. The van der Waals surface area contributed by atoms with E-state index in [1.807, 2.05) is 18.5 Å². The molecule has 0 spiro atoms. The van der Waals surface area contributed by atoms with Gasteiger partial charge < -0.3 is 5.32 Å². The maximum atomic E-state index is 4.18. The van der Waals surface area contributed by atoms with E-state index < -0.39 is 0 Å². The molecule has 1 heterocycles. The molecule has 1 N–H and O–H groups in total. The van der Waals surface area contributed by atoms with E-state index in [0.29, 0.717) is 11.5 Å². The molecule has 94 valence electrons. The van der Waals surface area contributed by atoms with E-state index in [2.05, 4.69) is 30.2 Å². The molecular weight excluding hydrogens is 208 g/mol. The van der Waals surface area contributed by atoms with Crippen molar-refractivity contribution in [1.82, 2.24) is 10.3 Å². The highest BCUT2D eigenvalue weighted by Crippen LogP contribution is 2.40. The van der Waals surface area contributed by atoms with Crippen LogP contribution in [0.3, 0.4) is 0 Å². The maximum Gasteiger partial charge on any atom is 0.0315 e. The van der Waals surface area contributed by atoms with Gasteiger partial charge in [-0.2, -0.15) is 0 Å². The lowest BCUT2D eigenvalue weighted by Crippen LogP contribution is -2.33. The molecule has 1 aliphatic carbocycles. The molecule has 1 saturated carbocycles. The lowest BCUT2D eigenvalue weighted by atomic mass is 9.83. The van der Waals surface area contributed by atoms with Crippen molar-refractivity contribution < 1.29 is 0 Å². The summed E-state index contributed by atoms with van der Waals surface area (Å²) in [5.74, 6) is 0. The molecule has 2 rings (SSSR count). The molecule has 2 nitrogen and oxygen atoms in total. The third kappa shape index (κ3) is 3.06. The fourth-order valence-electron chi connectivity index (χ4n) is 2.90. The first-order valence-electron chi connectivity index (χ1n) is 6.89. The average molecular weight is 232 g/mol. The fourth-order valence-corrected chi connectivity index (χ4v) is 2.90. The van der Waals surface area contributed by atoms with Gasteiger partial charge in [-0.15, -0.1) is 0 Å². The Morgan fingerprint density at radius 1 is 1.41 bits per heavy atom. The van der Waals surface area contributed by atoms with Crippen molar-refractivity contribution in [3.63, 3.8) is 0 Å². The summed E-state index contributed by atoms with van der Waals surface area (Å²) >= 11 is 0. The first-order chi connectivity index (χ1) is 8.26. The van der Waals surface area contributed by atoms with Gasteiger partial charge in [0.15, 0.2) is 0 Å². The first-order valence-corrected chi connectivity index (χ1v) is 6.89. The molecule has 17 heavy (non-hydrogen) atoms. The highest BCUT2D eigenvalue weighted by molar-refractivity contribution is 5.12. The van der Waals surface area contributed by atoms with Gasteiger partial charge in [-0.25, -0.2) is 0 Å². The zero-order valence-corrected chi connectivity index (χ0v) is 11.1. The lowest BCUT2D eigenvalue weighted by molar-refractivity contribution is 0.259. The molecule has 0 saturated heterocycles. The van der Waals surface area contributed by atoms with E-state index >= 15 is 0 Å². The summed E-state index contributed by atoms with van der Waals surface area (Å²) in [6, 6.07) is 4.57. The Balaban J connectivity index is 1.89. The van der Waals surface area contributed by atoms with Crippen molar-refractivity contribution in [3.05, 3.63) is 30.1 Å². The molecule has 0 amide bonds. The summed E-state index contributed by atoms with van der Waals surface area (Å²) in [4.78, 5) is 4.18. The molecule has 1 aliphatic rings. The quantitative estimate of drug-likeness (QED) is 0.837. The van der Waals surface area contributed by atoms with Crippen LogP contribution in [0, 0.1) is 5.41 Å². The van der Waals surface area contributed by atoms with Gasteiger partial charge in [0.05, 0.1) is 0 Å². The Morgan fingerprint density at radius 2 is 2.18 bits per heavy atom. The summed E-state index contributed by atoms with van der Waals surface area (Å²) in [7, 11) is 0. The molecule has 0 aromatic carbocycles. The lowest BCUT2D eigenvalue weighted by Gasteiger charge is -2.29. The van der Waals surface area contributed by atoms with Gasteiger partial charge in [0.25, 0.3) is 0 Å². The summed E-state index contributed by atoms with van der Waals surface area (Å²) in [6.45, 7) is 5.72. The normalized spacial score (nSPS) is 20.4. The molecule has 0 radical (unpaired) electrons. The van der Waals surface area contributed by atoms with Gasteiger partial charge in [0, 0.05) is 25.0 Å². The summed E-state index contributed by atoms with van der Waals surface area (Å²) in [5.41, 5.74) is 1.85. The van der Waals surface area contributed by atoms with Crippen molar-refractivity contribution in [1.29, 1.82) is 0 Å². The molecule has 0 bridgehead atoms. The Morgan fingerprint density at radius 3 is 2.76 bits per heavy atom. The molecule has 1 aromatic rings. The smallest absolute Gasteiger partial charge is 0.0315 e. The third-order valence-corrected chi connectivity index (χ3v) is 4.38. The van der Waals surface area contributed by atoms with Gasteiger partial charge in [0.1, 0.15) is 0 Å². The number of hydrogen-bond donors (Lipinski definition) is 1. The molecular formula is C15H24N2. The zero-order chi connectivity index (χ0) is 12.1. The van der Waals surface area contributed by atoms with Gasteiger partial charge in [-0.3, -0.25) is 4.98 Å². The van der Waals surface area contributed by atoms with E-state index in [0.717, 1.165) is 6.54 Å². The Kier molecular flexibility index (Phi) is 4.16. The zero-order valence-electron chi connectivity index (χ0n) is 11.1.